The first-order chi connectivity index (χ1) is 12.8. The molecule has 4 nitrogen and oxygen atoms in total. The van der Waals surface area contributed by atoms with Crippen molar-refractivity contribution >= 4 is 14.3 Å². The van der Waals surface area contributed by atoms with E-state index in [-0.39, 0.29) is 41.8 Å². The fourth-order valence-electron chi connectivity index (χ4n) is 4.30. The summed E-state index contributed by atoms with van der Waals surface area (Å²) in [5.41, 5.74) is 0. The van der Waals surface area contributed by atoms with Crippen molar-refractivity contribution in [3.8, 4) is 0 Å². The highest BCUT2D eigenvalue weighted by molar-refractivity contribution is 6.74. The number of carbonyl (C=O) groups is 1. The molecule has 2 fully saturated rings. The third-order valence-electron chi connectivity index (χ3n) is 6.98. The summed E-state index contributed by atoms with van der Waals surface area (Å²) in [6.07, 6.45) is 0.682. The number of fused-ring (bicyclic) bond motifs is 1. The molecule has 0 aromatic rings. The Morgan fingerprint density at radius 1 is 1.32 bits per heavy atom. The first-order valence-corrected chi connectivity index (χ1v) is 13.6. The Morgan fingerprint density at radius 2 is 1.96 bits per heavy atom. The van der Waals surface area contributed by atoms with Crippen molar-refractivity contribution in [2.45, 2.75) is 115 Å². The number of hydrogen-bond acceptors (Lipinski definition) is 4. The fraction of sp³-hybridized carbons (Fsp3) is 0.952. The van der Waals surface area contributed by atoms with E-state index in [4.69, 9.17) is 9.16 Å². The number of hydrogen-bond donors (Lipinski definition) is 1. The minimum Gasteiger partial charge on any atom is -0.462 e. The van der Waals surface area contributed by atoms with E-state index in [0.29, 0.717) is 32.1 Å². The molecule has 2 rings (SSSR count). The highest BCUT2D eigenvalue weighted by atomic mass is 28.4. The van der Waals surface area contributed by atoms with Gasteiger partial charge in [-0.05, 0) is 36.9 Å². The molecule has 2 aliphatic rings. The van der Waals surface area contributed by atoms with Gasteiger partial charge in [-0.3, -0.25) is 4.79 Å². The van der Waals surface area contributed by atoms with Crippen LogP contribution in [0.4, 0.5) is 8.78 Å². The number of alkyl halides is 2. The van der Waals surface area contributed by atoms with Crippen molar-refractivity contribution in [1.82, 2.24) is 0 Å². The van der Waals surface area contributed by atoms with Crippen LogP contribution in [0.5, 0.6) is 0 Å². The molecule has 0 radical (unpaired) electrons. The second-order valence-electron chi connectivity index (χ2n) is 10.2. The summed E-state index contributed by atoms with van der Waals surface area (Å²) in [6, 6.07) is 0. The van der Waals surface area contributed by atoms with E-state index >= 15 is 0 Å². The molecule has 7 heteroatoms. The summed E-state index contributed by atoms with van der Waals surface area (Å²) in [4.78, 5) is 11.5. The van der Waals surface area contributed by atoms with E-state index in [9.17, 15) is 18.7 Å². The van der Waals surface area contributed by atoms with Gasteiger partial charge in [-0.1, -0.05) is 40.5 Å². The number of aliphatic hydroxyl groups is 1. The van der Waals surface area contributed by atoms with E-state index in [0.717, 1.165) is 0 Å². The SMILES string of the molecule is CCCC(F)(F)[C@@H](CCC[C@@H]1[C@H]2CC(=O)O[C@H]2C[C@H]1O)O[Si](C)(C)C(C)(C)C. The standard InChI is InChI=1S/C21H38F2O4Si/c1-7-11-21(22,23)18(27-28(5,6)20(2,3)4)10-8-9-14-15-12-19(25)26-17(15)13-16(14)24/h14-18,24H,7-13H2,1-6H3/t14-,15-,16-,17+,18-/m1/s1. The lowest BCUT2D eigenvalue weighted by Gasteiger charge is -2.41. The Balaban J connectivity index is 2.01. The molecule has 0 aromatic carbocycles. The van der Waals surface area contributed by atoms with Crippen LogP contribution in [0.25, 0.3) is 0 Å². The van der Waals surface area contributed by atoms with E-state index in [2.05, 4.69) is 20.8 Å². The molecule has 1 saturated heterocycles. The number of carbonyl (C=O) groups excluding carboxylic acids is 1. The summed E-state index contributed by atoms with van der Waals surface area (Å²) in [5.74, 6) is -3.09. The summed E-state index contributed by atoms with van der Waals surface area (Å²) in [6.45, 7) is 12.0. The van der Waals surface area contributed by atoms with Crippen molar-refractivity contribution in [3.63, 3.8) is 0 Å². The summed E-state index contributed by atoms with van der Waals surface area (Å²) >= 11 is 0. The number of aliphatic hydroxyl groups excluding tert-OH is 1. The smallest absolute Gasteiger partial charge is 0.306 e. The van der Waals surface area contributed by atoms with E-state index in [1.807, 2.05) is 13.1 Å². The van der Waals surface area contributed by atoms with Crippen LogP contribution in [0.1, 0.15) is 72.6 Å². The average molecular weight is 421 g/mol. The number of halogens is 2. The van der Waals surface area contributed by atoms with Crippen LogP contribution in [0.2, 0.25) is 18.1 Å². The molecule has 0 aromatic heterocycles. The maximum absolute atomic E-state index is 14.8. The molecule has 164 valence electrons. The third kappa shape index (κ3) is 5.33. The zero-order valence-corrected chi connectivity index (χ0v) is 19.3. The van der Waals surface area contributed by atoms with E-state index in [1.165, 1.54) is 0 Å². The Labute approximate surface area is 169 Å². The Bertz CT molecular complexity index is 547. The van der Waals surface area contributed by atoms with Crippen molar-refractivity contribution in [2.24, 2.45) is 11.8 Å². The quantitative estimate of drug-likeness (QED) is 0.406. The zero-order chi connectivity index (χ0) is 21.3. The second-order valence-corrected chi connectivity index (χ2v) is 14.9. The minimum absolute atomic E-state index is 0.0263. The Hall–Kier alpha value is -0.533. The highest BCUT2D eigenvalue weighted by Gasteiger charge is 2.50. The molecular formula is C21H38F2O4Si. The summed E-state index contributed by atoms with van der Waals surface area (Å²) < 4.78 is 41.1. The molecule has 0 amide bonds. The van der Waals surface area contributed by atoms with Crippen molar-refractivity contribution in [1.29, 1.82) is 0 Å². The third-order valence-corrected chi connectivity index (χ3v) is 11.5. The molecule has 1 N–H and O–H groups in total. The average Bonchev–Trinajstić information content (AvgIpc) is 3.01. The summed E-state index contributed by atoms with van der Waals surface area (Å²) in [5, 5.41) is 10.2. The van der Waals surface area contributed by atoms with Gasteiger partial charge in [0.2, 0.25) is 0 Å². The van der Waals surface area contributed by atoms with Crippen LogP contribution in [-0.4, -0.2) is 43.6 Å². The monoisotopic (exact) mass is 420 g/mol. The topological polar surface area (TPSA) is 55.8 Å². The molecule has 1 saturated carbocycles. The van der Waals surface area contributed by atoms with Crippen LogP contribution in [-0.2, 0) is 14.0 Å². The first kappa shape index (κ1) is 23.7. The normalized spacial score (nSPS) is 29.7. The van der Waals surface area contributed by atoms with Crippen LogP contribution < -0.4 is 0 Å². The predicted molar refractivity (Wildman–Crippen MR) is 108 cm³/mol. The Kier molecular flexibility index (Phi) is 7.36. The van der Waals surface area contributed by atoms with Gasteiger partial charge >= 0.3 is 5.97 Å². The van der Waals surface area contributed by atoms with Crippen LogP contribution in [0.15, 0.2) is 0 Å². The lowest BCUT2D eigenvalue weighted by Crippen LogP contribution is -2.49. The molecule has 0 spiro atoms. The highest BCUT2D eigenvalue weighted by Crippen LogP contribution is 2.45. The van der Waals surface area contributed by atoms with Crippen LogP contribution in [0.3, 0.4) is 0 Å². The summed E-state index contributed by atoms with van der Waals surface area (Å²) in [7, 11) is -2.33. The minimum atomic E-state index is -2.85. The van der Waals surface area contributed by atoms with Crippen LogP contribution in [0, 0.1) is 11.8 Å². The largest absolute Gasteiger partial charge is 0.462 e. The van der Waals surface area contributed by atoms with Gasteiger partial charge in [0.15, 0.2) is 8.32 Å². The van der Waals surface area contributed by atoms with E-state index < -0.39 is 26.4 Å². The predicted octanol–water partition coefficient (Wildman–Crippen LogP) is 5.30. The van der Waals surface area contributed by atoms with Gasteiger partial charge in [-0.25, -0.2) is 8.78 Å². The van der Waals surface area contributed by atoms with E-state index in [1.54, 1.807) is 6.92 Å². The molecule has 28 heavy (non-hydrogen) atoms. The van der Waals surface area contributed by atoms with Crippen molar-refractivity contribution < 1.29 is 27.8 Å². The maximum atomic E-state index is 14.8. The van der Waals surface area contributed by atoms with Gasteiger partial charge < -0.3 is 14.3 Å². The van der Waals surface area contributed by atoms with Gasteiger partial charge in [0.1, 0.15) is 12.2 Å². The second kappa shape index (κ2) is 8.68. The van der Waals surface area contributed by atoms with Gasteiger partial charge in [-0.15, -0.1) is 0 Å². The molecule has 0 bridgehead atoms. The fourth-order valence-corrected chi connectivity index (χ4v) is 5.66. The van der Waals surface area contributed by atoms with Crippen molar-refractivity contribution in [3.05, 3.63) is 0 Å². The number of ether oxygens (including phenoxy) is 1. The van der Waals surface area contributed by atoms with Crippen molar-refractivity contribution in [2.75, 3.05) is 0 Å². The molecule has 1 aliphatic heterocycles. The lowest BCUT2D eigenvalue weighted by molar-refractivity contribution is -0.141. The van der Waals surface area contributed by atoms with Gasteiger partial charge in [0, 0.05) is 18.8 Å². The molecule has 5 atom stereocenters. The van der Waals surface area contributed by atoms with Gasteiger partial charge in [0.25, 0.3) is 5.92 Å². The van der Waals surface area contributed by atoms with Gasteiger partial charge in [0.05, 0.1) is 12.5 Å². The Morgan fingerprint density at radius 3 is 2.54 bits per heavy atom. The zero-order valence-electron chi connectivity index (χ0n) is 18.3. The van der Waals surface area contributed by atoms with Crippen LogP contribution >= 0.6 is 0 Å². The van der Waals surface area contributed by atoms with Gasteiger partial charge in [-0.2, -0.15) is 0 Å². The molecular weight excluding hydrogens is 382 g/mol. The lowest BCUT2D eigenvalue weighted by atomic mass is 9.87. The first-order valence-electron chi connectivity index (χ1n) is 10.7. The number of rotatable bonds is 9. The maximum Gasteiger partial charge on any atom is 0.306 e. The molecule has 1 heterocycles. The molecule has 0 unspecified atom stereocenters. The molecule has 1 aliphatic carbocycles. The number of esters is 1.